The molecule has 0 fully saturated rings. The summed E-state index contributed by atoms with van der Waals surface area (Å²) < 4.78 is 6.13. The minimum Gasteiger partial charge on any atom is -0.462 e. The van der Waals surface area contributed by atoms with Gasteiger partial charge in [-0.3, -0.25) is 0 Å². The van der Waals surface area contributed by atoms with Gasteiger partial charge in [0.05, 0.1) is 0 Å². The molecule has 5 rings (SSSR count). The summed E-state index contributed by atoms with van der Waals surface area (Å²) in [5.74, 6) is 0.949. The van der Waals surface area contributed by atoms with Crippen LogP contribution in [-0.4, -0.2) is 4.27 Å². The fraction of sp³-hybridized carbons (Fsp3) is 0.0476. The van der Waals surface area contributed by atoms with E-state index >= 15 is 0 Å². The molecule has 0 aliphatic carbocycles. The first-order chi connectivity index (χ1) is 11.8. The smallest absolute Gasteiger partial charge is 0.237 e. The van der Waals surface area contributed by atoms with E-state index in [4.69, 9.17) is 4.74 Å². The van der Waals surface area contributed by atoms with Crippen molar-refractivity contribution < 1.29 is 4.74 Å². The zero-order chi connectivity index (χ0) is 16.0. The molecular formula is C21H14OS2. The second-order valence-corrected chi connectivity index (χ2v) is 8.47. The highest BCUT2D eigenvalue weighted by atomic mass is 32.2. The van der Waals surface area contributed by atoms with Crippen molar-refractivity contribution in [2.75, 3.05) is 0 Å². The van der Waals surface area contributed by atoms with E-state index in [1.165, 1.54) is 20.9 Å². The number of fused-ring (bicyclic) bond motifs is 2. The highest BCUT2D eigenvalue weighted by molar-refractivity contribution is 8.21. The van der Waals surface area contributed by atoms with Gasteiger partial charge in [0.15, 0.2) is 0 Å². The Labute approximate surface area is 149 Å². The van der Waals surface area contributed by atoms with Crippen LogP contribution in [0.3, 0.4) is 0 Å². The van der Waals surface area contributed by atoms with Crippen LogP contribution in [0.2, 0.25) is 0 Å². The minimum absolute atomic E-state index is 0.459. The van der Waals surface area contributed by atoms with E-state index in [0.29, 0.717) is 0 Å². The van der Waals surface area contributed by atoms with E-state index in [1.54, 1.807) is 23.5 Å². The number of rotatable bonds is 1. The van der Waals surface area contributed by atoms with Gasteiger partial charge in [0.1, 0.15) is 5.75 Å². The van der Waals surface area contributed by atoms with Crippen molar-refractivity contribution in [1.82, 2.24) is 0 Å². The standard InChI is InChI=1S/C21H14OS2/c1-2-8-15(9-3-1)17-14-16-10-4-5-11-18(16)22-21(17)23-19-12-6-7-13-20(19)24-21/h1-14H. The van der Waals surface area contributed by atoms with Gasteiger partial charge in [-0.15, -0.1) is 0 Å². The minimum atomic E-state index is -0.459. The first kappa shape index (κ1) is 14.3. The van der Waals surface area contributed by atoms with Gasteiger partial charge in [-0.05, 0) is 29.8 Å². The molecule has 2 aliphatic rings. The highest BCUT2D eigenvalue weighted by Crippen LogP contribution is 2.63. The van der Waals surface area contributed by atoms with Crippen molar-refractivity contribution >= 4 is 35.2 Å². The molecule has 0 unspecified atom stereocenters. The van der Waals surface area contributed by atoms with Crippen LogP contribution in [0.1, 0.15) is 11.1 Å². The van der Waals surface area contributed by atoms with Crippen LogP contribution in [0.25, 0.3) is 11.6 Å². The predicted molar refractivity (Wildman–Crippen MR) is 102 cm³/mol. The Morgan fingerprint density at radius 3 is 2.04 bits per heavy atom. The molecule has 0 saturated heterocycles. The molecule has 0 saturated carbocycles. The largest absolute Gasteiger partial charge is 0.462 e. The number of thioether (sulfide) groups is 2. The molecule has 3 aromatic carbocycles. The number of ether oxygens (including phenoxy) is 1. The average molecular weight is 346 g/mol. The van der Waals surface area contributed by atoms with E-state index in [0.717, 1.165) is 11.3 Å². The van der Waals surface area contributed by atoms with Gasteiger partial charge < -0.3 is 4.74 Å². The maximum absolute atomic E-state index is 6.59. The Morgan fingerprint density at radius 2 is 1.29 bits per heavy atom. The Bertz CT molecular complexity index is 922. The highest BCUT2D eigenvalue weighted by Gasteiger charge is 2.47. The molecule has 0 amide bonds. The summed E-state index contributed by atoms with van der Waals surface area (Å²) in [7, 11) is 0. The lowest BCUT2D eigenvalue weighted by Gasteiger charge is -2.35. The molecule has 0 radical (unpaired) electrons. The summed E-state index contributed by atoms with van der Waals surface area (Å²) in [5.41, 5.74) is 3.56. The van der Waals surface area contributed by atoms with Crippen LogP contribution < -0.4 is 4.74 Å². The van der Waals surface area contributed by atoms with Crippen LogP contribution in [-0.2, 0) is 0 Å². The fourth-order valence-corrected chi connectivity index (χ4v) is 6.10. The fourth-order valence-electron chi connectivity index (χ4n) is 3.09. The second kappa shape index (κ2) is 5.47. The van der Waals surface area contributed by atoms with Crippen molar-refractivity contribution in [3.63, 3.8) is 0 Å². The van der Waals surface area contributed by atoms with Crippen LogP contribution >= 0.6 is 23.5 Å². The number of hydrogen-bond acceptors (Lipinski definition) is 3. The third-order valence-corrected chi connectivity index (χ3v) is 7.14. The number of hydrogen-bond donors (Lipinski definition) is 0. The van der Waals surface area contributed by atoms with E-state index in [2.05, 4.69) is 78.9 Å². The van der Waals surface area contributed by atoms with Gasteiger partial charge in [0, 0.05) is 20.9 Å². The van der Waals surface area contributed by atoms with Crippen molar-refractivity contribution in [3.05, 3.63) is 90.0 Å². The molecule has 1 nitrogen and oxygen atoms in total. The molecule has 3 aromatic rings. The summed E-state index contributed by atoms with van der Waals surface area (Å²) in [4.78, 5) is 2.56. The third-order valence-electron chi connectivity index (χ3n) is 4.22. The van der Waals surface area contributed by atoms with Crippen LogP contribution in [0, 0.1) is 0 Å². The Balaban J connectivity index is 1.70. The second-order valence-electron chi connectivity index (χ2n) is 5.77. The van der Waals surface area contributed by atoms with Gasteiger partial charge in [-0.2, -0.15) is 0 Å². The molecule has 24 heavy (non-hydrogen) atoms. The lowest BCUT2D eigenvalue weighted by atomic mass is 10.0. The first-order valence-corrected chi connectivity index (χ1v) is 9.50. The first-order valence-electron chi connectivity index (χ1n) is 7.87. The molecule has 2 aliphatic heterocycles. The topological polar surface area (TPSA) is 9.23 Å². The summed E-state index contributed by atoms with van der Waals surface area (Å²) in [5, 5.41) is 0. The molecule has 116 valence electrons. The van der Waals surface area contributed by atoms with Crippen LogP contribution in [0.4, 0.5) is 0 Å². The maximum atomic E-state index is 6.59. The SMILES string of the molecule is C1=C(c2ccccc2)C2(Oc3ccccc31)Sc1ccccc1S2. The Hall–Kier alpha value is -2.10. The van der Waals surface area contributed by atoms with E-state index < -0.39 is 4.27 Å². The molecule has 0 aromatic heterocycles. The van der Waals surface area contributed by atoms with Gasteiger partial charge in [0.2, 0.25) is 4.27 Å². The molecule has 0 N–H and O–H groups in total. The molecule has 3 heteroatoms. The Morgan fingerprint density at radius 1 is 0.667 bits per heavy atom. The summed E-state index contributed by atoms with van der Waals surface area (Å²) in [6.07, 6.45) is 2.28. The molecular weight excluding hydrogens is 332 g/mol. The third kappa shape index (κ3) is 2.20. The van der Waals surface area contributed by atoms with E-state index in [9.17, 15) is 0 Å². The lowest BCUT2D eigenvalue weighted by molar-refractivity contribution is 0.309. The zero-order valence-electron chi connectivity index (χ0n) is 12.8. The average Bonchev–Trinajstić information content (AvgIpc) is 3.00. The van der Waals surface area contributed by atoms with Crippen LogP contribution in [0.15, 0.2) is 88.7 Å². The van der Waals surface area contributed by atoms with Crippen molar-refractivity contribution in [2.24, 2.45) is 0 Å². The summed E-state index contributed by atoms with van der Waals surface area (Å²) >= 11 is 3.60. The monoisotopic (exact) mass is 346 g/mol. The summed E-state index contributed by atoms with van der Waals surface area (Å²) in [6.45, 7) is 0. The van der Waals surface area contributed by atoms with Crippen LogP contribution in [0.5, 0.6) is 5.75 Å². The molecule has 2 heterocycles. The van der Waals surface area contributed by atoms with Gasteiger partial charge in [0.25, 0.3) is 0 Å². The zero-order valence-corrected chi connectivity index (χ0v) is 14.4. The number of para-hydroxylation sites is 1. The van der Waals surface area contributed by atoms with E-state index in [-0.39, 0.29) is 0 Å². The van der Waals surface area contributed by atoms with Gasteiger partial charge in [-0.25, -0.2) is 0 Å². The lowest BCUT2D eigenvalue weighted by Crippen LogP contribution is -2.30. The molecule has 0 bridgehead atoms. The number of benzene rings is 3. The predicted octanol–water partition coefficient (Wildman–Crippen LogP) is 6.17. The van der Waals surface area contributed by atoms with Gasteiger partial charge >= 0.3 is 0 Å². The van der Waals surface area contributed by atoms with E-state index in [1.807, 2.05) is 6.07 Å². The van der Waals surface area contributed by atoms with Crippen molar-refractivity contribution in [3.8, 4) is 5.75 Å². The summed E-state index contributed by atoms with van der Waals surface area (Å²) in [6, 6.07) is 27.3. The quantitative estimate of drug-likeness (QED) is 0.521. The normalized spacial score (nSPS) is 16.9. The van der Waals surface area contributed by atoms with Gasteiger partial charge in [-0.1, -0.05) is 84.2 Å². The molecule has 0 atom stereocenters. The Kier molecular flexibility index (Phi) is 3.25. The van der Waals surface area contributed by atoms with Crippen molar-refractivity contribution in [2.45, 2.75) is 14.1 Å². The van der Waals surface area contributed by atoms with Crippen molar-refractivity contribution in [1.29, 1.82) is 0 Å². The maximum Gasteiger partial charge on any atom is 0.237 e. The molecule has 1 spiro atoms.